The minimum absolute atomic E-state index is 0.0220. The average Bonchev–Trinajstić information content (AvgIpc) is 3.43. The Labute approximate surface area is 193 Å². The molecule has 1 N–H and O–H groups in total. The molecule has 0 bridgehead atoms. The smallest absolute Gasteiger partial charge is 0.351 e. The Balaban J connectivity index is 1.11. The molecule has 0 spiro atoms. The van der Waals surface area contributed by atoms with Crippen LogP contribution in [0.5, 0.6) is 0 Å². The second kappa shape index (κ2) is 9.46. The summed E-state index contributed by atoms with van der Waals surface area (Å²) in [6.07, 6.45) is 0.503. The van der Waals surface area contributed by atoms with Gasteiger partial charge < -0.3 is 10.2 Å². The predicted octanol–water partition coefficient (Wildman–Crippen LogP) is 4.30. The fourth-order valence-electron chi connectivity index (χ4n) is 4.75. The molecule has 5 rings (SSSR count). The van der Waals surface area contributed by atoms with Crippen LogP contribution in [0, 0.1) is 0 Å². The van der Waals surface area contributed by atoms with Crippen LogP contribution >= 0.6 is 0 Å². The van der Waals surface area contributed by atoms with Crippen molar-refractivity contribution in [1.29, 1.82) is 0 Å². The predicted molar refractivity (Wildman–Crippen MR) is 124 cm³/mol. The van der Waals surface area contributed by atoms with Gasteiger partial charge in [0.2, 0.25) is 5.91 Å². The van der Waals surface area contributed by atoms with Crippen LogP contribution in [0.2, 0.25) is 0 Å². The number of benzene rings is 3. The first kappa shape index (κ1) is 21.2. The molecule has 3 aromatic carbocycles. The number of rotatable bonds is 6. The van der Waals surface area contributed by atoms with Gasteiger partial charge in [0, 0.05) is 25.0 Å². The molecule has 2 amide bonds. The quantitative estimate of drug-likeness (QED) is 0.457. The van der Waals surface area contributed by atoms with Gasteiger partial charge in [-0.2, -0.15) is 4.89 Å². The maximum Gasteiger partial charge on any atom is 0.441 e. The maximum absolute atomic E-state index is 12.5. The van der Waals surface area contributed by atoms with E-state index < -0.39 is 6.09 Å². The number of carbonyl (C=O) groups excluding carboxylic acids is 2. The zero-order valence-electron chi connectivity index (χ0n) is 18.3. The fourth-order valence-corrected chi connectivity index (χ4v) is 4.75. The lowest BCUT2D eigenvalue weighted by atomic mass is 9.98. The van der Waals surface area contributed by atoms with Crippen LogP contribution < -0.4 is 5.32 Å². The Bertz CT molecular complexity index is 1100. The largest absolute Gasteiger partial charge is 0.441 e. The Kier molecular flexibility index (Phi) is 6.09. The lowest BCUT2D eigenvalue weighted by Gasteiger charge is -2.17. The van der Waals surface area contributed by atoms with E-state index >= 15 is 0 Å². The summed E-state index contributed by atoms with van der Waals surface area (Å²) in [6, 6.07) is 26.0. The van der Waals surface area contributed by atoms with Gasteiger partial charge in [-0.3, -0.25) is 9.68 Å². The Morgan fingerprint density at radius 3 is 2.21 bits per heavy atom. The van der Waals surface area contributed by atoms with E-state index in [1.54, 1.807) is 4.90 Å². The van der Waals surface area contributed by atoms with Crippen LogP contribution in [0.1, 0.15) is 29.0 Å². The highest BCUT2D eigenvalue weighted by molar-refractivity contribution is 5.79. The van der Waals surface area contributed by atoms with Gasteiger partial charge in [-0.15, -0.1) is 0 Å². The minimum Gasteiger partial charge on any atom is -0.351 e. The van der Waals surface area contributed by atoms with Crippen molar-refractivity contribution in [3.8, 4) is 11.1 Å². The zero-order chi connectivity index (χ0) is 22.6. The van der Waals surface area contributed by atoms with Crippen molar-refractivity contribution in [3.05, 3.63) is 95.6 Å². The van der Waals surface area contributed by atoms with Crippen molar-refractivity contribution >= 4 is 12.0 Å². The standard InChI is InChI=1S/C27H26N2O4/c30-26(16-19-8-2-1-3-9-19)28-20-14-15-29(17-20)27(31)33-32-18-25-23-12-6-4-10-21(23)22-11-5-7-13-24(22)25/h1-13,20,25H,14-18H2,(H,28,30). The molecule has 168 valence electrons. The SMILES string of the molecule is O=C(Cc1ccccc1)NC1CCN(C(=O)OOCC2c3ccccc3-c3ccccc32)C1. The summed E-state index contributed by atoms with van der Waals surface area (Å²) in [4.78, 5) is 36.9. The summed E-state index contributed by atoms with van der Waals surface area (Å²) in [5, 5.41) is 3.01. The number of amides is 2. The van der Waals surface area contributed by atoms with E-state index in [9.17, 15) is 9.59 Å². The van der Waals surface area contributed by atoms with Gasteiger partial charge in [0.25, 0.3) is 0 Å². The van der Waals surface area contributed by atoms with Gasteiger partial charge in [0.1, 0.15) is 6.61 Å². The van der Waals surface area contributed by atoms with Gasteiger partial charge in [-0.05, 0) is 34.2 Å². The van der Waals surface area contributed by atoms with Crippen LogP contribution in [-0.2, 0) is 21.0 Å². The van der Waals surface area contributed by atoms with Crippen molar-refractivity contribution in [1.82, 2.24) is 10.2 Å². The molecule has 1 unspecified atom stereocenters. The van der Waals surface area contributed by atoms with Crippen molar-refractivity contribution in [2.24, 2.45) is 0 Å². The third kappa shape index (κ3) is 4.61. The lowest BCUT2D eigenvalue weighted by Crippen LogP contribution is -2.39. The summed E-state index contributed by atoms with van der Waals surface area (Å²) in [6.45, 7) is 1.19. The molecule has 1 aliphatic carbocycles. The molecule has 1 heterocycles. The molecule has 1 atom stereocenters. The zero-order valence-corrected chi connectivity index (χ0v) is 18.3. The van der Waals surface area contributed by atoms with Crippen molar-refractivity contribution < 1.29 is 19.4 Å². The van der Waals surface area contributed by atoms with E-state index in [1.165, 1.54) is 22.3 Å². The van der Waals surface area contributed by atoms with Crippen LogP contribution in [0.25, 0.3) is 11.1 Å². The van der Waals surface area contributed by atoms with Crippen LogP contribution in [0.3, 0.4) is 0 Å². The summed E-state index contributed by atoms with van der Waals surface area (Å²) in [7, 11) is 0. The Morgan fingerprint density at radius 2 is 1.52 bits per heavy atom. The molecular formula is C27H26N2O4. The van der Waals surface area contributed by atoms with Crippen molar-refractivity contribution in [2.45, 2.75) is 24.8 Å². The third-order valence-electron chi connectivity index (χ3n) is 6.35. The molecule has 0 aromatic heterocycles. The number of nitrogens with one attached hydrogen (secondary N) is 1. The normalized spacial score (nSPS) is 16.8. The molecule has 6 heteroatoms. The highest BCUT2D eigenvalue weighted by Gasteiger charge is 2.31. The molecule has 2 aliphatic rings. The molecule has 6 nitrogen and oxygen atoms in total. The van der Waals surface area contributed by atoms with Gasteiger partial charge in [0.05, 0.1) is 6.42 Å². The monoisotopic (exact) mass is 442 g/mol. The Hall–Kier alpha value is -3.64. The number of likely N-dealkylation sites (tertiary alicyclic amines) is 1. The topological polar surface area (TPSA) is 67.9 Å². The second-order valence-electron chi connectivity index (χ2n) is 8.52. The van der Waals surface area contributed by atoms with Gasteiger partial charge >= 0.3 is 6.09 Å². The molecule has 3 aromatic rings. The molecule has 33 heavy (non-hydrogen) atoms. The summed E-state index contributed by atoms with van der Waals surface area (Å²) in [5.41, 5.74) is 5.71. The summed E-state index contributed by atoms with van der Waals surface area (Å²) < 4.78 is 0. The third-order valence-corrected chi connectivity index (χ3v) is 6.35. The number of nitrogens with zero attached hydrogens (tertiary/aromatic N) is 1. The molecule has 0 radical (unpaired) electrons. The first-order valence-corrected chi connectivity index (χ1v) is 11.3. The lowest BCUT2D eigenvalue weighted by molar-refractivity contribution is -0.246. The molecule has 1 saturated heterocycles. The molecule has 0 saturated carbocycles. The van der Waals surface area contributed by atoms with E-state index in [-0.39, 0.29) is 24.5 Å². The number of hydrogen-bond acceptors (Lipinski definition) is 4. The van der Waals surface area contributed by atoms with Gasteiger partial charge in [-0.1, -0.05) is 78.9 Å². The van der Waals surface area contributed by atoms with Crippen molar-refractivity contribution in [2.75, 3.05) is 19.7 Å². The minimum atomic E-state index is -0.519. The highest BCUT2D eigenvalue weighted by Crippen LogP contribution is 2.44. The summed E-state index contributed by atoms with van der Waals surface area (Å²) >= 11 is 0. The van der Waals surface area contributed by atoms with Crippen LogP contribution in [-0.4, -0.2) is 42.6 Å². The maximum atomic E-state index is 12.5. The number of carbonyl (C=O) groups is 2. The van der Waals surface area contributed by atoms with E-state index in [2.05, 4.69) is 29.6 Å². The highest BCUT2D eigenvalue weighted by atomic mass is 17.2. The van der Waals surface area contributed by atoms with Gasteiger partial charge in [-0.25, -0.2) is 4.79 Å². The molecule has 1 aliphatic heterocycles. The first-order valence-electron chi connectivity index (χ1n) is 11.3. The van der Waals surface area contributed by atoms with E-state index in [0.717, 1.165) is 5.56 Å². The van der Waals surface area contributed by atoms with Crippen LogP contribution in [0.15, 0.2) is 78.9 Å². The van der Waals surface area contributed by atoms with E-state index in [4.69, 9.17) is 9.78 Å². The summed E-state index contributed by atoms with van der Waals surface area (Å²) in [5.74, 6) is -0.0231. The molecular weight excluding hydrogens is 416 g/mol. The number of fused-ring (bicyclic) bond motifs is 3. The van der Waals surface area contributed by atoms with Gasteiger partial charge in [0.15, 0.2) is 0 Å². The Morgan fingerprint density at radius 1 is 0.879 bits per heavy atom. The number of hydrogen-bond donors (Lipinski definition) is 1. The van der Waals surface area contributed by atoms with Crippen LogP contribution in [0.4, 0.5) is 4.79 Å². The average molecular weight is 443 g/mol. The molecule has 1 fully saturated rings. The van der Waals surface area contributed by atoms with Crippen molar-refractivity contribution in [3.63, 3.8) is 0 Å². The van der Waals surface area contributed by atoms with E-state index in [0.29, 0.717) is 25.9 Å². The first-order chi connectivity index (χ1) is 16.2. The van der Waals surface area contributed by atoms with E-state index in [1.807, 2.05) is 54.6 Å². The second-order valence-corrected chi connectivity index (χ2v) is 8.52. The fraction of sp³-hybridized carbons (Fsp3) is 0.259.